The van der Waals surface area contributed by atoms with Crippen molar-refractivity contribution in [3.8, 4) is 0 Å². The summed E-state index contributed by atoms with van der Waals surface area (Å²) in [6.45, 7) is 3.66. The molecule has 0 aliphatic rings. The average Bonchev–Trinajstić information content (AvgIpc) is 2.55. The number of rotatable bonds is 18. The quantitative estimate of drug-likeness (QED) is 0.214. The van der Waals surface area contributed by atoms with Crippen molar-refractivity contribution < 1.29 is 23.9 Å². The van der Waals surface area contributed by atoms with E-state index in [4.69, 9.17) is 9.84 Å². The third kappa shape index (κ3) is 17.7. The van der Waals surface area contributed by atoms with Crippen molar-refractivity contribution >= 4 is 11.9 Å². The molecule has 0 atom stereocenters. The molecule has 0 aromatic carbocycles. The summed E-state index contributed by atoms with van der Waals surface area (Å²) in [5, 5.41) is 8.84. The monoisotopic (exact) mass is 372 g/mol. The minimum atomic E-state index is -0.786. The van der Waals surface area contributed by atoms with Gasteiger partial charge in [-0.1, -0.05) is 64.7 Å². The van der Waals surface area contributed by atoms with Crippen LogP contribution in [0.15, 0.2) is 0 Å². The molecule has 0 aliphatic carbocycles. The first-order valence-corrected chi connectivity index (χ1v) is 10.6. The number of aliphatic carboxylic acids is 1. The van der Waals surface area contributed by atoms with E-state index in [2.05, 4.69) is 6.92 Å². The van der Waals surface area contributed by atoms with Crippen LogP contribution in [0, 0.1) is 0 Å². The molecular formula is C21H42NO4+. The lowest BCUT2D eigenvalue weighted by Crippen LogP contribution is -2.44. The van der Waals surface area contributed by atoms with E-state index in [1.54, 1.807) is 0 Å². The van der Waals surface area contributed by atoms with Gasteiger partial charge in [-0.2, -0.15) is 0 Å². The summed E-state index contributed by atoms with van der Waals surface area (Å²) >= 11 is 0. The van der Waals surface area contributed by atoms with Gasteiger partial charge in [0, 0.05) is 6.42 Å². The fourth-order valence-corrected chi connectivity index (χ4v) is 3.10. The Morgan fingerprint density at radius 2 is 1.35 bits per heavy atom. The van der Waals surface area contributed by atoms with Gasteiger partial charge in [-0.15, -0.1) is 0 Å². The number of carboxylic acids is 1. The van der Waals surface area contributed by atoms with Gasteiger partial charge < -0.3 is 14.3 Å². The van der Waals surface area contributed by atoms with Crippen molar-refractivity contribution in [2.24, 2.45) is 0 Å². The fraction of sp³-hybridized carbons (Fsp3) is 0.905. The Balaban J connectivity index is 3.38. The molecule has 0 rings (SSSR count). The zero-order valence-corrected chi connectivity index (χ0v) is 17.4. The lowest BCUT2D eigenvalue weighted by atomic mass is 10.1. The minimum Gasteiger partial charge on any atom is -0.477 e. The van der Waals surface area contributed by atoms with Crippen LogP contribution in [-0.4, -0.2) is 55.3 Å². The van der Waals surface area contributed by atoms with E-state index in [1.807, 2.05) is 14.1 Å². The molecule has 26 heavy (non-hydrogen) atoms. The molecule has 0 aromatic rings. The molecular weight excluding hydrogens is 330 g/mol. The number of nitrogens with zero attached hydrogens (tertiary/aromatic N) is 1. The van der Waals surface area contributed by atoms with Crippen LogP contribution in [0.1, 0.15) is 90.4 Å². The number of carbonyl (C=O) groups excluding carboxylic acids is 1. The summed E-state index contributed by atoms with van der Waals surface area (Å²) in [5.41, 5.74) is 0. The minimum absolute atomic E-state index is 0.114. The van der Waals surface area contributed by atoms with Gasteiger partial charge in [-0.25, -0.2) is 4.79 Å². The van der Waals surface area contributed by atoms with Crippen LogP contribution >= 0.6 is 0 Å². The van der Waals surface area contributed by atoms with Crippen LogP contribution in [0.3, 0.4) is 0 Å². The first-order valence-electron chi connectivity index (χ1n) is 10.6. The number of esters is 1. The average molecular weight is 373 g/mol. The molecule has 0 saturated heterocycles. The SMILES string of the molecule is CCCCCCCCCCCCOC(=O)CCCC[N+](C)(C)CC(=O)O. The van der Waals surface area contributed by atoms with E-state index in [9.17, 15) is 9.59 Å². The summed E-state index contributed by atoms with van der Waals surface area (Å²) in [7, 11) is 3.80. The highest BCUT2D eigenvalue weighted by Crippen LogP contribution is 2.11. The Morgan fingerprint density at radius 3 is 1.88 bits per heavy atom. The van der Waals surface area contributed by atoms with Crippen LogP contribution in [0.5, 0.6) is 0 Å². The largest absolute Gasteiger partial charge is 0.477 e. The second-order valence-corrected chi connectivity index (χ2v) is 8.07. The third-order valence-corrected chi connectivity index (χ3v) is 4.72. The molecule has 0 saturated carbocycles. The second kappa shape index (κ2) is 16.1. The highest BCUT2D eigenvalue weighted by molar-refractivity contribution is 5.69. The first kappa shape index (κ1) is 24.9. The van der Waals surface area contributed by atoms with Gasteiger partial charge in [0.15, 0.2) is 6.54 Å². The van der Waals surface area contributed by atoms with Gasteiger partial charge in [0.2, 0.25) is 0 Å². The summed E-state index contributed by atoms with van der Waals surface area (Å²) in [5.74, 6) is -0.907. The molecule has 0 bridgehead atoms. The molecule has 0 unspecified atom stereocenters. The van der Waals surface area contributed by atoms with Crippen LogP contribution in [0.2, 0.25) is 0 Å². The Bertz CT molecular complexity index is 369. The Labute approximate surface area is 160 Å². The number of ether oxygens (including phenoxy) is 1. The standard InChI is InChI=1S/C21H41NO4/c1-4-5-6-7-8-9-10-11-12-15-18-26-21(25)16-13-14-17-22(2,3)19-20(23)24/h4-19H2,1-3H3/p+1. The molecule has 5 nitrogen and oxygen atoms in total. The number of quaternary nitrogens is 1. The normalized spacial score (nSPS) is 11.5. The number of hydrogen-bond acceptors (Lipinski definition) is 3. The molecule has 5 heteroatoms. The second-order valence-electron chi connectivity index (χ2n) is 8.07. The third-order valence-electron chi connectivity index (χ3n) is 4.72. The van der Waals surface area contributed by atoms with Gasteiger partial charge in [0.25, 0.3) is 0 Å². The Kier molecular flexibility index (Phi) is 15.4. The Morgan fingerprint density at radius 1 is 0.808 bits per heavy atom. The van der Waals surface area contributed by atoms with Crippen LogP contribution in [0.4, 0.5) is 0 Å². The van der Waals surface area contributed by atoms with E-state index in [-0.39, 0.29) is 12.5 Å². The first-order chi connectivity index (χ1) is 12.4. The van der Waals surface area contributed by atoms with Crippen molar-refractivity contribution in [1.82, 2.24) is 0 Å². The molecule has 0 radical (unpaired) electrons. The lowest BCUT2D eigenvalue weighted by Gasteiger charge is -2.27. The zero-order chi connectivity index (χ0) is 19.7. The van der Waals surface area contributed by atoms with Crippen molar-refractivity contribution in [2.45, 2.75) is 90.4 Å². The summed E-state index contributed by atoms with van der Waals surface area (Å²) in [6, 6.07) is 0. The summed E-state index contributed by atoms with van der Waals surface area (Å²) < 4.78 is 5.72. The van der Waals surface area contributed by atoms with Crippen LogP contribution in [-0.2, 0) is 14.3 Å². The van der Waals surface area contributed by atoms with E-state index in [0.717, 1.165) is 32.2 Å². The maximum absolute atomic E-state index is 11.7. The number of likely N-dealkylation sites (N-methyl/N-ethyl adjacent to an activating group) is 1. The van der Waals surface area contributed by atoms with Gasteiger partial charge in [0.1, 0.15) is 0 Å². The molecule has 1 N–H and O–H groups in total. The fourth-order valence-electron chi connectivity index (χ4n) is 3.10. The number of carboxylic acid groups (broad SMARTS) is 1. The van der Waals surface area contributed by atoms with E-state index in [1.165, 1.54) is 51.4 Å². The molecule has 0 heterocycles. The van der Waals surface area contributed by atoms with Crippen molar-refractivity contribution in [1.29, 1.82) is 0 Å². The summed E-state index contributed by atoms with van der Waals surface area (Å²) in [4.78, 5) is 22.4. The van der Waals surface area contributed by atoms with Gasteiger partial charge in [-0.3, -0.25) is 4.79 Å². The van der Waals surface area contributed by atoms with Crippen molar-refractivity contribution in [2.75, 3.05) is 33.8 Å². The number of carbonyl (C=O) groups is 2. The number of unbranched alkanes of at least 4 members (excludes halogenated alkanes) is 10. The lowest BCUT2D eigenvalue weighted by molar-refractivity contribution is -0.883. The van der Waals surface area contributed by atoms with Crippen molar-refractivity contribution in [3.63, 3.8) is 0 Å². The van der Waals surface area contributed by atoms with Gasteiger partial charge in [-0.05, 0) is 19.3 Å². The maximum atomic E-state index is 11.7. The molecule has 0 aliphatic heterocycles. The summed E-state index contributed by atoms with van der Waals surface area (Å²) in [6.07, 6.45) is 14.8. The predicted octanol–water partition coefficient (Wildman–Crippen LogP) is 4.78. The highest BCUT2D eigenvalue weighted by atomic mass is 16.5. The van der Waals surface area contributed by atoms with Gasteiger partial charge in [0.05, 0.1) is 27.2 Å². The maximum Gasteiger partial charge on any atom is 0.359 e. The topological polar surface area (TPSA) is 63.6 Å². The van der Waals surface area contributed by atoms with Crippen LogP contribution < -0.4 is 0 Å². The molecule has 0 spiro atoms. The van der Waals surface area contributed by atoms with E-state index < -0.39 is 5.97 Å². The van der Waals surface area contributed by atoms with Gasteiger partial charge >= 0.3 is 11.9 Å². The zero-order valence-electron chi connectivity index (χ0n) is 17.4. The van der Waals surface area contributed by atoms with Crippen molar-refractivity contribution in [3.05, 3.63) is 0 Å². The highest BCUT2D eigenvalue weighted by Gasteiger charge is 2.18. The predicted molar refractivity (Wildman–Crippen MR) is 106 cm³/mol. The smallest absolute Gasteiger partial charge is 0.359 e. The Hall–Kier alpha value is -1.10. The van der Waals surface area contributed by atoms with E-state index >= 15 is 0 Å². The van der Waals surface area contributed by atoms with E-state index in [0.29, 0.717) is 17.5 Å². The molecule has 154 valence electrons. The molecule has 0 fully saturated rings. The molecule has 0 aromatic heterocycles. The molecule has 0 amide bonds. The van der Waals surface area contributed by atoms with Crippen LogP contribution in [0.25, 0.3) is 0 Å². The number of hydrogen-bond donors (Lipinski definition) is 1.